The van der Waals surface area contributed by atoms with E-state index in [4.69, 9.17) is 0 Å². The van der Waals surface area contributed by atoms with Gasteiger partial charge in [0.25, 0.3) is 0 Å². The zero-order valence-electron chi connectivity index (χ0n) is 16.0. The molecule has 2 N–H and O–H groups in total. The molecule has 0 aromatic carbocycles. The van der Waals surface area contributed by atoms with E-state index in [1.165, 1.54) is 32.1 Å². The molecule has 0 aliphatic heterocycles. The van der Waals surface area contributed by atoms with E-state index in [0.29, 0.717) is 18.6 Å². The minimum absolute atomic E-state index is 0.229. The predicted molar refractivity (Wildman–Crippen MR) is 102 cm³/mol. The molecule has 0 bridgehead atoms. The largest absolute Gasteiger partial charge is 0.331 e. The van der Waals surface area contributed by atoms with E-state index < -0.39 is 0 Å². The van der Waals surface area contributed by atoms with E-state index in [-0.39, 0.29) is 6.03 Å². The van der Waals surface area contributed by atoms with Crippen molar-refractivity contribution in [3.63, 3.8) is 0 Å². The van der Waals surface area contributed by atoms with Crippen LogP contribution in [-0.4, -0.2) is 30.6 Å². The number of urea groups is 1. The number of rotatable bonds is 5. The second-order valence-electron chi connectivity index (χ2n) is 7.81. The lowest BCUT2D eigenvalue weighted by Gasteiger charge is -2.24. The van der Waals surface area contributed by atoms with Gasteiger partial charge in [-0.25, -0.2) is 9.48 Å². The third-order valence-electron chi connectivity index (χ3n) is 5.79. The molecule has 8 heteroatoms. The van der Waals surface area contributed by atoms with E-state index in [9.17, 15) is 4.79 Å². The molecule has 27 heavy (non-hydrogen) atoms. The number of aromatic nitrogens is 5. The molecule has 2 amide bonds. The quantitative estimate of drug-likeness (QED) is 0.838. The molecule has 0 radical (unpaired) electrons. The highest BCUT2D eigenvalue weighted by Gasteiger charge is 2.22. The molecule has 2 heterocycles. The summed E-state index contributed by atoms with van der Waals surface area (Å²) in [5, 5.41) is 18.7. The molecule has 8 nitrogen and oxygen atoms in total. The highest BCUT2D eigenvalue weighted by atomic mass is 16.2. The van der Waals surface area contributed by atoms with Crippen LogP contribution in [0.5, 0.6) is 0 Å². The number of nitrogens with one attached hydrogen (secondary N) is 2. The molecule has 2 aromatic rings. The summed E-state index contributed by atoms with van der Waals surface area (Å²) in [7, 11) is 0. The Hall–Kier alpha value is -2.38. The Morgan fingerprint density at radius 1 is 1.11 bits per heavy atom. The van der Waals surface area contributed by atoms with Gasteiger partial charge in [-0.3, -0.25) is 5.32 Å². The summed E-state index contributed by atoms with van der Waals surface area (Å²) in [4.78, 5) is 12.5. The minimum atomic E-state index is -0.229. The Kier molecular flexibility index (Phi) is 5.40. The zero-order valence-corrected chi connectivity index (χ0v) is 16.0. The maximum absolute atomic E-state index is 12.5. The van der Waals surface area contributed by atoms with Gasteiger partial charge in [0.2, 0.25) is 0 Å². The molecule has 2 fully saturated rings. The van der Waals surface area contributed by atoms with Crippen LogP contribution in [0.2, 0.25) is 0 Å². The molecule has 0 saturated heterocycles. The number of amides is 2. The summed E-state index contributed by atoms with van der Waals surface area (Å²) in [5.74, 6) is 1.59. The average molecular weight is 371 g/mol. The highest BCUT2D eigenvalue weighted by Crippen LogP contribution is 2.32. The molecule has 0 unspecified atom stereocenters. The van der Waals surface area contributed by atoms with Crippen LogP contribution < -0.4 is 10.6 Å². The lowest BCUT2D eigenvalue weighted by atomic mass is 9.95. The second-order valence-corrected chi connectivity index (χ2v) is 7.81. The monoisotopic (exact) mass is 371 g/mol. The summed E-state index contributed by atoms with van der Waals surface area (Å²) in [6.07, 6.45) is 12.6. The van der Waals surface area contributed by atoms with Gasteiger partial charge in [0.15, 0.2) is 5.82 Å². The van der Waals surface area contributed by atoms with Gasteiger partial charge in [-0.2, -0.15) is 5.10 Å². The summed E-state index contributed by atoms with van der Waals surface area (Å²) in [5.41, 5.74) is 0.925. The number of hydrogen-bond donors (Lipinski definition) is 2. The van der Waals surface area contributed by atoms with Gasteiger partial charge < -0.3 is 9.88 Å². The molecule has 0 spiro atoms. The first-order valence-corrected chi connectivity index (χ1v) is 10.2. The normalized spacial score (nSPS) is 18.7. The van der Waals surface area contributed by atoms with Gasteiger partial charge in [-0.15, -0.1) is 10.2 Å². The number of carbonyl (C=O) groups is 1. The highest BCUT2D eigenvalue weighted by molar-refractivity contribution is 5.88. The molecule has 146 valence electrons. The first-order valence-electron chi connectivity index (χ1n) is 10.2. The van der Waals surface area contributed by atoms with Gasteiger partial charge in [-0.1, -0.05) is 32.1 Å². The first-order chi connectivity index (χ1) is 13.2. The van der Waals surface area contributed by atoms with Gasteiger partial charge in [0, 0.05) is 12.1 Å². The maximum atomic E-state index is 12.5. The molecular weight excluding hydrogens is 342 g/mol. The Bertz CT molecular complexity index is 769. The zero-order chi connectivity index (χ0) is 18.6. The Labute approximate surface area is 159 Å². The number of carbonyl (C=O) groups excluding carboxylic acids is 1. The predicted octanol–water partition coefficient (Wildman–Crippen LogP) is 3.73. The molecule has 2 saturated carbocycles. The summed E-state index contributed by atoms with van der Waals surface area (Å²) in [6.45, 7) is 2.33. The maximum Gasteiger partial charge on any atom is 0.320 e. The van der Waals surface area contributed by atoms with Crippen molar-refractivity contribution in [1.82, 2.24) is 29.9 Å². The van der Waals surface area contributed by atoms with Crippen molar-refractivity contribution in [1.29, 1.82) is 0 Å². The van der Waals surface area contributed by atoms with Crippen molar-refractivity contribution in [2.24, 2.45) is 0 Å². The number of anilines is 1. The van der Waals surface area contributed by atoms with E-state index in [0.717, 1.165) is 43.0 Å². The molecular formula is C19H29N7O. The van der Waals surface area contributed by atoms with E-state index in [1.807, 2.05) is 17.7 Å². The van der Waals surface area contributed by atoms with Crippen LogP contribution >= 0.6 is 0 Å². The fourth-order valence-electron chi connectivity index (χ4n) is 4.41. The first kappa shape index (κ1) is 18.0. The van der Waals surface area contributed by atoms with Crippen molar-refractivity contribution < 1.29 is 4.79 Å². The minimum Gasteiger partial charge on any atom is -0.331 e. The topological polar surface area (TPSA) is 89.7 Å². The lowest BCUT2D eigenvalue weighted by Crippen LogP contribution is -2.31. The smallest absolute Gasteiger partial charge is 0.320 e. The van der Waals surface area contributed by atoms with Crippen LogP contribution in [0.1, 0.15) is 81.4 Å². The van der Waals surface area contributed by atoms with Crippen LogP contribution in [0.25, 0.3) is 0 Å². The van der Waals surface area contributed by atoms with Crippen molar-refractivity contribution in [2.75, 3.05) is 5.32 Å². The Balaban J connectivity index is 1.36. The van der Waals surface area contributed by atoms with Crippen LogP contribution in [-0.2, 0) is 6.54 Å². The average Bonchev–Trinajstić information content (AvgIpc) is 3.41. The summed E-state index contributed by atoms with van der Waals surface area (Å²) in [6, 6.07) is 2.55. The Morgan fingerprint density at radius 2 is 1.81 bits per heavy atom. The van der Waals surface area contributed by atoms with Crippen LogP contribution in [0, 0.1) is 6.92 Å². The third-order valence-corrected chi connectivity index (χ3v) is 5.79. The van der Waals surface area contributed by atoms with E-state index in [2.05, 4.69) is 30.5 Å². The Morgan fingerprint density at radius 3 is 2.59 bits per heavy atom. The van der Waals surface area contributed by atoms with Crippen molar-refractivity contribution >= 4 is 11.8 Å². The fraction of sp³-hybridized carbons (Fsp3) is 0.684. The van der Waals surface area contributed by atoms with Gasteiger partial charge in [-0.05, 0) is 32.6 Å². The van der Waals surface area contributed by atoms with Crippen LogP contribution in [0.3, 0.4) is 0 Å². The van der Waals surface area contributed by atoms with Crippen molar-refractivity contribution in [3.8, 4) is 0 Å². The van der Waals surface area contributed by atoms with Crippen molar-refractivity contribution in [3.05, 3.63) is 23.9 Å². The SMILES string of the molecule is Cc1cc(NC(=O)NCc2nncn2C2CCCCC2)n(C2CCCC2)n1. The van der Waals surface area contributed by atoms with Crippen molar-refractivity contribution in [2.45, 2.75) is 83.3 Å². The number of hydrogen-bond acceptors (Lipinski definition) is 4. The van der Waals surface area contributed by atoms with E-state index in [1.54, 1.807) is 6.33 Å². The molecule has 2 aromatic heterocycles. The molecule has 2 aliphatic carbocycles. The lowest BCUT2D eigenvalue weighted by molar-refractivity contribution is 0.250. The molecule has 2 aliphatic rings. The molecule has 0 atom stereocenters. The van der Waals surface area contributed by atoms with Crippen LogP contribution in [0.4, 0.5) is 10.6 Å². The van der Waals surface area contributed by atoms with Gasteiger partial charge >= 0.3 is 6.03 Å². The van der Waals surface area contributed by atoms with Crippen LogP contribution in [0.15, 0.2) is 12.4 Å². The standard InChI is InChI=1S/C19H29N7O/c1-14-11-17(26(24-14)16-9-5-6-10-16)22-19(27)20-12-18-23-21-13-25(18)15-7-3-2-4-8-15/h11,13,15-16H,2-10,12H2,1H3,(H2,20,22,27). The second kappa shape index (κ2) is 8.10. The van der Waals surface area contributed by atoms with E-state index >= 15 is 0 Å². The van der Waals surface area contributed by atoms with Gasteiger partial charge in [0.05, 0.1) is 18.3 Å². The molecule has 4 rings (SSSR count). The number of nitrogens with zero attached hydrogens (tertiary/aromatic N) is 5. The fourth-order valence-corrected chi connectivity index (χ4v) is 4.41. The third kappa shape index (κ3) is 4.14. The summed E-state index contributed by atoms with van der Waals surface area (Å²) < 4.78 is 4.11. The van der Waals surface area contributed by atoms with Gasteiger partial charge in [0.1, 0.15) is 12.1 Å². The number of aryl methyl sites for hydroxylation is 1. The summed E-state index contributed by atoms with van der Waals surface area (Å²) >= 11 is 0.